The average Bonchev–Trinajstić information content (AvgIpc) is 2.97. The Morgan fingerprint density at radius 2 is 1.78 bits per heavy atom. The average molecular weight is 368 g/mol. The summed E-state index contributed by atoms with van der Waals surface area (Å²) in [7, 11) is 0. The lowest BCUT2D eigenvalue weighted by Crippen LogP contribution is -2.45. The van der Waals surface area contributed by atoms with Crippen LogP contribution >= 0.6 is 0 Å². The number of pyridine rings is 1. The van der Waals surface area contributed by atoms with Crippen LogP contribution in [-0.2, 0) is 13.0 Å². The number of hydrogen-bond acceptors (Lipinski definition) is 3. The molecular weight excluding hydrogens is 340 g/mol. The van der Waals surface area contributed by atoms with Crippen LogP contribution < -0.4 is 10.9 Å². The highest BCUT2D eigenvalue weighted by atomic mass is 16.2. The fourth-order valence-electron chi connectivity index (χ4n) is 4.26. The summed E-state index contributed by atoms with van der Waals surface area (Å²) in [6, 6.07) is 7.63. The van der Waals surface area contributed by atoms with Gasteiger partial charge in [-0.1, -0.05) is 31.0 Å². The van der Waals surface area contributed by atoms with Gasteiger partial charge < -0.3 is 20.1 Å². The Labute approximate surface area is 159 Å². The van der Waals surface area contributed by atoms with E-state index < -0.39 is 0 Å². The summed E-state index contributed by atoms with van der Waals surface area (Å²) >= 11 is 0. The number of benzene rings is 1. The van der Waals surface area contributed by atoms with Gasteiger partial charge >= 0.3 is 6.03 Å². The Morgan fingerprint density at radius 3 is 2.56 bits per heavy atom. The molecule has 4 rings (SSSR count). The third-order valence-electron chi connectivity index (χ3n) is 5.80. The van der Waals surface area contributed by atoms with E-state index in [1.165, 1.54) is 25.7 Å². The fourth-order valence-corrected chi connectivity index (χ4v) is 4.26. The van der Waals surface area contributed by atoms with Gasteiger partial charge in [0.15, 0.2) is 0 Å². The number of fused-ring (bicyclic) bond motifs is 3. The van der Waals surface area contributed by atoms with Gasteiger partial charge in [-0.3, -0.25) is 4.79 Å². The van der Waals surface area contributed by atoms with Crippen LogP contribution in [0, 0.1) is 0 Å². The van der Waals surface area contributed by atoms with E-state index in [1.807, 2.05) is 29.2 Å². The summed E-state index contributed by atoms with van der Waals surface area (Å²) in [5.74, 6) is 0. The van der Waals surface area contributed by atoms with Crippen LogP contribution in [0.2, 0.25) is 0 Å². The number of rotatable bonds is 3. The molecule has 0 radical (unpaired) electrons. The molecule has 2 aromatic rings. The van der Waals surface area contributed by atoms with Crippen molar-refractivity contribution in [1.82, 2.24) is 20.1 Å². The van der Waals surface area contributed by atoms with Crippen LogP contribution in [-0.4, -0.2) is 53.5 Å². The van der Waals surface area contributed by atoms with Gasteiger partial charge in [0.2, 0.25) is 0 Å². The lowest BCUT2D eigenvalue weighted by Gasteiger charge is -2.30. The number of nitrogens with zero attached hydrogens (tertiary/aromatic N) is 2. The Morgan fingerprint density at radius 1 is 1.04 bits per heavy atom. The van der Waals surface area contributed by atoms with E-state index in [2.05, 4.69) is 15.2 Å². The molecule has 0 spiro atoms. The topological polar surface area (TPSA) is 68.4 Å². The molecule has 2 amide bonds. The number of aromatic nitrogens is 1. The molecule has 2 N–H and O–H groups in total. The second-order valence-corrected chi connectivity index (χ2v) is 7.62. The first-order chi connectivity index (χ1) is 13.2. The van der Waals surface area contributed by atoms with Crippen molar-refractivity contribution in [3.05, 3.63) is 45.9 Å². The van der Waals surface area contributed by atoms with Crippen molar-refractivity contribution in [3.8, 4) is 0 Å². The Bertz CT molecular complexity index is 868. The van der Waals surface area contributed by atoms with E-state index in [4.69, 9.17) is 0 Å². The summed E-state index contributed by atoms with van der Waals surface area (Å²) < 4.78 is 0. The Kier molecular flexibility index (Phi) is 5.43. The highest BCUT2D eigenvalue weighted by molar-refractivity contribution is 5.86. The number of likely N-dealkylation sites (tertiary alicyclic amines) is 1. The van der Waals surface area contributed by atoms with Crippen LogP contribution in [0.5, 0.6) is 0 Å². The van der Waals surface area contributed by atoms with E-state index in [0.29, 0.717) is 31.4 Å². The van der Waals surface area contributed by atoms with E-state index in [-0.39, 0.29) is 11.6 Å². The largest absolute Gasteiger partial charge is 0.337 e. The number of amides is 2. The van der Waals surface area contributed by atoms with Crippen LogP contribution in [0.25, 0.3) is 10.8 Å². The molecule has 2 aliphatic rings. The molecule has 0 aliphatic carbocycles. The highest BCUT2D eigenvalue weighted by Crippen LogP contribution is 2.24. The van der Waals surface area contributed by atoms with Crippen LogP contribution in [0.15, 0.2) is 29.1 Å². The molecule has 2 aliphatic heterocycles. The second kappa shape index (κ2) is 8.13. The first-order valence-corrected chi connectivity index (χ1v) is 10.1. The predicted octanol–water partition coefficient (Wildman–Crippen LogP) is 2.47. The molecule has 27 heavy (non-hydrogen) atoms. The SMILES string of the molecule is O=C(NCCN1CCCCCC1)N1CCc2[nH]c(=O)c3ccccc3c2C1. The van der Waals surface area contributed by atoms with E-state index in [9.17, 15) is 9.59 Å². The molecule has 1 fully saturated rings. The number of H-pyrrole nitrogens is 1. The summed E-state index contributed by atoms with van der Waals surface area (Å²) in [6.45, 7) is 5.08. The lowest BCUT2D eigenvalue weighted by atomic mass is 9.99. The molecule has 1 saturated heterocycles. The number of carbonyl (C=O) groups is 1. The fraction of sp³-hybridized carbons (Fsp3) is 0.524. The van der Waals surface area contributed by atoms with Crippen molar-refractivity contribution in [1.29, 1.82) is 0 Å². The highest BCUT2D eigenvalue weighted by Gasteiger charge is 2.23. The number of carbonyl (C=O) groups excluding carboxylic acids is 1. The van der Waals surface area contributed by atoms with Gasteiger partial charge in [-0.05, 0) is 42.9 Å². The van der Waals surface area contributed by atoms with Crippen LogP contribution in [0.4, 0.5) is 4.79 Å². The molecule has 1 aromatic heterocycles. The zero-order valence-corrected chi connectivity index (χ0v) is 15.8. The smallest absolute Gasteiger partial charge is 0.317 e. The maximum absolute atomic E-state index is 12.6. The van der Waals surface area contributed by atoms with Crippen LogP contribution in [0.3, 0.4) is 0 Å². The van der Waals surface area contributed by atoms with Gasteiger partial charge in [0.05, 0.1) is 0 Å². The minimum atomic E-state index is -0.0419. The standard InChI is InChI=1S/C21H28N4O2/c26-20-17-8-4-3-7-16(17)18-15-25(13-9-19(18)23-20)21(27)22-10-14-24-11-5-1-2-6-12-24/h3-4,7-8H,1-2,5-6,9-15H2,(H,22,27)(H,23,26). The summed E-state index contributed by atoms with van der Waals surface area (Å²) in [5.41, 5.74) is 1.99. The van der Waals surface area contributed by atoms with Gasteiger partial charge in [-0.25, -0.2) is 4.79 Å². The molecule has 0 saturated carbocycles. The van der Waals surface area contributed by atoms with Crippen molar-refractivity contribution in [2.75, 3.05) is 32.7 Å². The third kappa shape index (κ3) is 4.00. The van der Waals surface area contributed by atoms with Crippen LogP contribution in [0.1, 0.15) is 36.9 Å². The maximum Gasteiger partial charge on any atom is 0.317 e. The van der Waals surface area contributed by atoms with E-state index in [0.717, 1.165) is 36.3 Å². The Balaban J connectivity index is 1.39. The number of urea groups is 1. The summed E-state index contributed by atoms with van der Waals surface area (Å²) in [4.78, 5) is 32.2. The molecule has 6 heteroatoms. The third-order valence-corrected chi connectivity index (χ3v) is 5.80. The first-order valence-electron chi connectivity index (χ1n) is 10.1. The number of nitrogens with one attached hydrogen (secondary N) is 2. The quantitative estimate of drug-likeness (QED) is 0.875. The second-order valence-electron chi connectivity index (χ2n) is 7.62. The Hall–Kier alpha value is -2.34. The number of aromatic amines is 1. The lowest BCUT2D eigenvalue weighted by molar-refractivity contribution is 0.189. The molecule has 1 aromatic carbocycles. The molecule has 0 bridgehead atoms. The van der Waals surface area contributed by atoms with E-state index >= 15 is 0 Å². The zero-order chi connectivity index (χ0) is 18.6. The molecular formula is C21H28N4O2. The van der Waals surface area contributed by atoms with Crippen molar-refractivity contribution in [2.45, 2.75) is 38.6 Å². The molecule has 0 atom stereocenters. The normalized spacial score (nSPS) is 18.1. The van der Waals surface area contributed by atoms with E-state index in [1.54, 1.807) is 0 Å². The summed E-state index contributed by atoms with van der Waals surface area (Å²) in [6.07, 6.45) is 5.87. The zero-order valence-electron chi connectivity index (χ0n) is 15.8. The van der Waals surface area contributed by atoms with Crippen molar-refractivity contribution in [2.24, 2.45) is 0 Å². The minimum absolute atomic E-state index is 0.00856. The first kappa shape index (κ1) is 18.0. The van der Waals surface area contributed by atoms with Gasteiger partial charge in [0.1, 0.15) is 0 Å². The van der Waals surface area contributed by atoms with Gasteiger partial charge in [-0.2, -0.15) is 0 Å². The van der Waals surface area contributed by atoms with Crippen molar-refractivity contribution < 1.29 is 4.79 Å². The number of hydrogen-bond donors (Lipinski definition) is 2. The van der Waals surface area contributed by atoms with Crippen molar-refractivity contribution in [3.63, 3.8) is 0 Å². The molecule has 0 unspecified atom stereocenters. The summed E-state index contributed by atoms with van der Waals surface area (Å²) in [5, 5.41) is 4.73. The molecule has 6 nitrogen and oxygen atoms in total. The predicted molar refractivity (Wildman–Crippen MR) is 107 cm³/mol. The van der Waals surface area contributed by atoms with Gasteiger partial charge in [0, 0.05) is 43.7 Å². The maximum atomic E-state index is 12.6. The molecule has 3 heterocycles. The minimum Gasteiger partial charge on any atom is -0.337 e. The van der Waals surface area contributed by atoms with Gasteiger partial charge in [0.25, 0.3) is 5.56 Å². The van der Waals surface area contributed by atoms with Crippen molar-refractivity contribution >= 4 is 16.8 Å². The monoisotopic (exact) mass is 368 g/mol. The van der Waals surface area contributed by atoms with Gasteiger partial charge in [-0.15, -0.1) is 0 Å². The molecule has 144 valence electrons.